The van der Waals surface area contributed by atoms with Crippen molar-refractivity contribution in [2.45, 2.75) is 15.7 Å². The quantitative estimate of drug-likeness (QED) is 0.486. The molecule has 1 atom stereocenters. The van der Waals surface area contributed by atoms with Crippen molar-refractivity contribution in [1.82, 2.24) is 4.98 Å². The van der Waals surface area contributed by atoms with Gasteiger partial charge >= 0.3 is 0 Å². The van der Waals surface area contributed by atoms with Crippen molar-refractivity contribution in [3.63, 3.8) is 0 Å². The number of anilines is 1. The maximum Gasteiger partial charge on any atom is 0.265 e. The van der Waals surface area contributed by atoms with Gasteiger partial charge in [-0.2, -0.15) is 0 Å². The number of alkyl halides is 1. The summed E-state index contributed by atoms with van der Waals surface area (Å²) in [5, 5.41) is 0. The number of hydrogen-bond acceptors (Lipinski definition) is 3. The predicted octanol–water partition coefficient (Wildman–Crippen LogP) is 3.84. The molecule has 1 aromatic heterocycles. The van der Waals surface area contributed by atoms with Gasteiger partial charge in [-0.05, 0) is 41.1 Å². The van der Waals surface area contributed by atoms with Crippen LogP contribution in [0.5, 0.6) is 0 Å². The third kappa shape index (κ3) is 2.70. The fourth-order valence-corrected chi connectivity index (χ4v) is 5.20. The van der Waals surface area contributed by atoms with Crippen molar-refractivity contribution in [2.24, 2.45) is 0 Å². The van der Waals surface area contributed by atoms with Gasteiger partial charge in [-0.15, -0.1) is 0 Å². The molecule has 0 spiro atoms. The largest absolute Gasteiger partial charge is 0.265 e. The molecule has 2 aromatic rings. The lowest BCUT2D eigenvalue weighted by Crippen LogP contribution is -2.30. The summed E-state index contributed by atoms with van der Waals surface area (Å²) in [6, 6.07) is 8.83. The van der Waals surface area contributed by atoms with Crippen LogP contribution in [0.15, 0.2) is 45.9 Å². The molecule has 3 rings (SSSR count). The Labute approximate surface area is 145 Å². The van der Waals surface area contributed by atoms with Gasteiger partial charge in [-0.1, -0.05) is 40.3 Å². The molecule has 21 heavy (non-hydrogen) atoms. The van der Waals surface area contributed by atoms with Crippen molar-refractivity contribution >= 4 is 54.4 Å². The second-order valence-electron chi connectivity index (χ2n) is 4.88. The Morgan fingerprint density at radius 1 is 1.33 bits per heavy atom. The molecule has 1 aliphatic rings. The zero-order valence-corrected chi connectivity index (χ0v) is 15.7. The van der Waals surface area contributed by atoms with Gasteiger partial charge in [0.15, 0.2) is 0 Å². The van der Waals surface area contributed by atoms with E-state index < -0.39 is 10.0 Å². The molecule has 0 radical (unpaired) electrons. The Kier molecular flexibility index (Phi) is 4.00. The van der Waals surface area contributed by atoms with Gasteiger partial charge in [0.1, 0.15) is 5.82 Å². The molecule has 0 saturated carbocycles. The van der Waals surface area contributed by atoms with Crippen molar-refractivity contribution < 1.29 is 8.42 Å². The molecular weight excluding hydrogens is 467 g/mol. The highest BCUT2D eigenvalue weighted by atomic mass is 127. The van der Waals surface area contributed by atoms with Gasteiger partial charge in [0.05, 0.1) is 15.4 Å². The normalized spacial score (nSPS) is 17.9. The summed E-state index contributed by atoms with van der Waals surface area (Å²) in [5.74, 6) is 0.526. The summed E-state index contributed by atoms with van der Waals surface area (Å²) in [4.78, 5) is 4.60. The van der Waals surface area contributed by atoms with E-state index in [2.05, 4.69) is 43.5 Å². The number of benzene rings is 1. The standard InChI is InChI=1S/C14H12BrIN2O2S/c1-9-2-4-11(5-3-9)21(19,20)18-8-13(16)12-6-10(15)7-17-14(12)18/h2-7,13H,8H2,1H3. The van der Waals surface area contributed by atoms with E-state index in [1.54, 1.807) is 30.5 Å². The molecule has 0 amide bonds. The lowest BCUT2D eigenvalue weighted by atomic mass is 10.2. The number of sulfonamides is 1. The molecule has 1 unspecified atom stereocenters. The Morgan fingerprint density at radius 3 is 2.67 bits per heavy atom. The number of rotatable bonds is 2. The third-order valence-electron chi connectivity index (χ3n) is 3.37. The molecule has 1 aromatic carbocycles. The average Bonchev–Trinajstić information content (AvgIpc) is 2.77. The Hall–Kier alpha value is -0.670. The number of fused-ring (bicyclic) bond motifs is 1. The highest BCUT2D eigenvalue weighted by Gasteiger charge is 2.36. The molecule has 2 heterocycles. The van der Waals surface area contributed by atoms with E-state index in [0.717, 1.165) is 15.6 Å². The smallest absolute Gasteiger partial charge is 0.248 e. The van der Waals surface area contributed by atoms with Crippen LogP contribution in [0.2, 0.25) is 0 Å². The van der Waals surface area contributed by atoms with Crippen molar-refractivity contribution in [1.29, 1.82) is 0 Å². The van der Waals surface area contributed by atoms with Crippen LogP contribution in [0.3, 0.4) is 0 Å². The maximum absolute atomic E-state index is 12.8. The predicted molar refractivity (Wildman–Crippen MR) is 94.4 cm³/mol. The van der Waals surface area contributed by atoms with Crippen LogP contribution in [-0.4, -0.2) is 19.9 Å². The zero-order chi connectivity index (χ0) is 15.2. The van der Waals surface area contributed by atoms with Gasteiger partial charge in [-0.25, -0.2) is 17.7 Å². The molecule has 0 bridgehead atoms. The van der Waals surface area contributed by atoms with Gasteiger partial charge in [0.25, 0.3) is 10.0 Å². The highest BCUT2D eigenvalue weighted by molar-refractivity contribution is 14.1. The number of aromatic nitrogens is 1. The number of aryl methyl sites for hydroxylation is 1. The first-order valence-corrected chi connectivity index (χ1v) is 9.76. The van der Waals surface area contributed by atoms with Crippen LogP contribution in [-0.2, 0) is 10.0 Å². The first kappa shape index (κ1) is 15.2. The molecule has 4 nitrogen and oxygen atoms in total. The second kappa shape index (κ2) is 5.51. The van der Waals surface area contributed by atoms with Crippen LogP contribution in [0.4, 0.5) is 5.82 Å². The fourth-order valence-electron chi connectivity index (χ4n) is 2.27. The van der Waals surface area contributed by atoms with Gasteiger partial charge < -0.3 is 0 Å². The van der Waals surface area contributed by atoms with Crippen LogP contribution < -0.4 is 4.31 Å². The van der Waals surface area contributed by atoms with Gasteiger partial charge in [0, 0.05) is 16.2 Å². The summed E-state index contributed by atoms with van der Waals surface area (Å²) in [6.45, 7) is 2.34. The molecule has 0 N–H and O–H groups in total. The monoisotopic (exact) mass is 478 g/mol. The van der Waals surface area contributed by atoms with E-state index in [1.165, 1.54) is 4.31 Å². The fraction of sp³-hybridized carbons (Fsp3) is 0.214. The molecule has 110 valence electrons. The number of pyridine rings is 1. The summed E-state index contributed by atoms with van der Waals surface area (Å²) in [6.07, 6.45) is 1.63. The minimum atomic E-state index is -3.56. The summed E-state index contributed by atoms with van der Waals surface area (Å²) in [5.41, 5.74) is 1.98. The lowest BCUT2D eigenvalue weighted by Gasteiger charge is -2.18. The van der Waals surface area contributed by atoms with Gasteiger partial charge in [-0.3, -0.25) is 0 Å². The van der Waals surface area contributed by atoms with Crippen molar-refractivity contribution in [2.75, 3.05) is 10.8 Å². The lowest BCUT2D eigenvalue weighted by molar-refractivity contribution is 0.592. The Morgan fingerprint density at radius 2 is 2.00 bits per heavy atom. The molecular formula is C14H12BrIN2O2S. The summed E-state index contributed by atoms with van der Waals surface area (Å²) in [7, 11) is -3.56. The van der Waals surface area contributed by atoms with Crippen LogP contribution in [0.1, 0.15) is 15.1 Å². The number of nitrogens with zero attached hydrogens (tertiary/aromatic N) is 2. The van der Waals surface area contributed by atoms with E-state index in [-0.39, 0.29) is 3.92 Å². The number of halogens is 2. The Balaban J connectivity index is 2.08. The molecule has 0 fully saturated rings. The summed E-state index contributed by atoms with van der Waals surface area (Å²) >= 11 is 5.63. The SMILES string of the molecule is Cc1ccc(S(=O)(=O)N2CC(I)c3cc(Br)cnc32)cc1. The third-order valence-corrected chi connectivity index (χ3v) is 6.64. The Bertz CT molecular complexity index is 793. The van der Waals surface area contributed by atoms with E-state index >= 15 is 0 Å². The highest BCUT2D eigenvalue weighted by Crippen LogP contribution is 2.42. The second-order valence-corrected chi connectivity index (χ2v) is 9.16. The van der Waals surface area contributed by atoms with Crippen LogP contribution >= 0.6 is 38.5 Å². The van der Waals surface area contributed by atoms with Crippen molar-refractivity contribution in [3.8, 4) is 0 Å². The van der Waals surface area contributed by atoms with E-state index in [9.17, 15) is 8.42 Å². The summed E-state index contributed by atoms with van der Waals surface area (Å²) < 4.78 is 28.0. The number of hydrogen-bond donors (Lipinski definition) is 0. The average molecular weight is 479 g/mol. The minimum absolute atomic E-state index is 0.0998. The zero-order valence-electron chi connectivity index (χ0n) is 11.1. The topological polar surface area (TPSA) is 50.3 Å². The van der Waals surface area contributed by atoms with Crippen LogP contribution in [0, 0.1) is 6.92 Å². The molecule has 7 heteroatoms. The molecule has 0 aliphatic carbocycles. The van der Waals surface area contributed by atoms with E-state index in [1.807, 2.05) is 13.0 Å². The first-order chi connectivity index (χ1) is 9.89. The van der Waals surface area contributed by atoms with E-state index in [4.69, 9.17) is 0 Å². The van der Waals surface area contributed by atoms with Crippen LogP contribution in [0.25, 0.3) is 0 Å². The maximum atomic E-state index is 12.8. The molecule has 1 aliphatic heterocycles. The van der Waals surface area contributed by atoms with Crippen molar-refractivity contribution in [3.05, 3.63) is 52.1 Å². The first-order valence-electron chi connectivity index (χ1n) is 6.28. The molecule has 0 saturated heterocycles. The van der Waals surface area contributed by atoms with E-state index in [0.29, 0.717) is 17.3 Å². The van der Waals surface area contributed by atoms with Gasteiger partial charge in [0.2, 0.25) is 0 Å². The minimum Gasteiger partial charge on any atom is -0.248 e.